The zero-order valence-corrected chi connectivity index (χ0v) is 18.4. The monoisotopic (exact) mass is 438 g/mol. The number of rotatable bonds is 9. The van der Waals surface area contributed by atoms with E-state index in [2.05, 4.69) is 10.0 Å². The highest BCUT2D eigenvalue weighted by Gasteiger charge is 2.17. The van der Waals surface area contributed by atoms with Crippen LogP contribution >= 0.6 is 0 Å². The Hall–Kier alpha value is -3.16. The maximum absolute atomic E-state index is 12.7. The highest BCUT2D eigenvalue weighted by molar-refractivity contribution is 7.92. The van der Waals surface area contributed by atoms with Crippen molar-refractivity contribution in [3.8, 4) is 0 Å². The molecule has 162 valence electrons. The number of aryl methyl sites for hydroxylation is 1. The lowest BCUT2D eigenvalue weighted by Crippen LogP contribution is -2.28. The van der Waals surface area contributed by atoms with Gasteiger partial charge in [0.2, 0.25) is 0 Å². The van der Waals surface area contributed by atoms with Gasteiger partial charge in [-0.3, -0.25) is 9.52 Å². The van der Waals surface area contributed by atoms with Gasteiger partial charge in [0.05, 0.1) is 23.8 Å². The number of hydrogen-bond acceptors (Lipinski definition) is 4. The molecule has 0 aliphatic carbocycles. The van der Waals surface area contributed by atoms with Crippen LogP contribution in [0.15, 0.2) is 77.7 Å². The fraction of sp³-hybridized carbons (Fsp3) is 0.208. The van der Waals surface area contributed by atoms with Crippen LogP contribution in [0.3, 0.4) is 0 Å². The second-order valence-corrected chi connectivity index (χ2v) is 8.87. The number of ether oxygens (including phenoxy) is 1. The second kappa shape index (κ2) is 10.2. The average Bonchev–Trinajstić information content (AvgIpc) is 2.76. The molecule has 7 heteroatoms. The molecule has 0 aliphatic heterocycles. The predicted octanol–water partition coefficient (Wildman–Crippen LogP) is 4.05. The van der Waals surface area contributed by atoms with Crippen LogP contribution in [-0.2, 0) is 21.4 Å². The summed E-state index contributed by atoms with van der Waals surface area (Å²) >= 11 is 0. The van der Waals surface area contributed by atoms with Crippen LogP contribution in [0.4, 0.5) is 5.69 Å². The first-order valence-electron chi connectivity index (χ1n) is 9.96. The Kier molecular flexibility index (Phi) is 7.44. The van der Waals surface area contributed by atoms with Crippen molar-refractivity contribution in [2.75, 3.05) is 17.9 Å². The molecule has 2 N–H and O–H groups in total. The fourth-order valence-corrected chi connectivity index (χ4v) is 4.13. The van der Waals surface area contributed by atoms with E-state index in [4.69, 9.17) is 4.74 Å². The molecule has 1 amide bonds. The Morgan fingerprint density at radius 1 is 0.903 bits per heavy atom. The lowest BCUT2D eigenvalue weighted by atomic mass is 10.1. The predicted molar refractivity (Wildman–Crippen MR) is 122 cm³/mol. The lowest BCUT2D eigenvalue weighted by Gasteiger charge is -2.14. The molecule has 0 atom stereocenters. The maximum atomic E-state index is 12.7. The summed E-state index contributed by atoms with van der Waals surface area (Å²) in [6, 6.07) is 21.3. The molecule has 31 heavy (non-hydrogen) atoms. The molecule has 0 bridgehead atoms. The topological polar surface area (TPSA) is 84.5 Å². The average molecular weight is 439 g/mol. The molecule has 0 unspecified atom stereocenters. The van der Waals surface area contributed by atoms with Gasteiger partial charge in [-0.05, 0) is 49.2 Å². The van der Waals surface area contributed by atoms with Gasteiger partial charge in [0.15, 0.2) is 0 Å². The number of anilines is 1. The Labute approximate surface area is 183 Å². The van der Waals surface area contributed by atoms with Crippen LogP contribution in [0.2, 0.25) is 0 Å². The molecule has 0 spiro atoms. The van der Waals surface area contributed by atoms with Gasteiger partial charge < -0.3 is 10.1 Å². The minimum absolute atomic E-state index is 0.169. The molecule has 0 fully saturated rings. The van der Waals surface area contributed by atoms with Crippen LogP contribution in [0.5, 0.6) is 0 Å². The fourth-order valence-electron chi connectivity index (χ4n) is 3.01. The van der Waals surface area contributed by atoms with E-state index in [9.17, 15) is 13.2 Å². The largest absolute Gasteiger partial charge is 0.375 e. The zero-order chi connectivity index (χ0) is 22.3. The van der Waals surface area contributed by atoms with Crippen molar-refractivity contribution < 1.29 is 17.9 Å². The maximum Gasteiger partial charge on any atom is 0.261 e. The van der Waals surface area contributed by atoms with Gasteiger partial charge in [-0.15, -0.1) is 0 Å². The van der Waals surface area contributed by atoms with Gasteiger partial charge in [-0.25, -0.2) is 8.42 Å². The Bertz CT molecular complexity index is 1130. The molecule has 0 heterocycles. The van der Waals surface area contributed by atoms with Crippen molar-refractivity contribution >= 4 is 21.6 Å². The smallest absolute Gasteiger partial charge is 0.261 e. The number of carbonyl (C=O) groups is 1. The van der Waals surface area contributed by atoms with E-state index >= 15 is 0 Å². The highest BCUT2D eigenvalue weighted by Crippen LogP contribution is 2.23. The molecule has 3 aromatic rings. The highest BCUT2D eigenvalue weighted by atomic mass is 32.2. The molecule has 0 saturated carbocycles. The minimum Gasteiger partial charge on any atom is -0.375 e. The third-order valence-corrected chi connectivity index (χ3v) is 6.18. The summed E-state index contributed by atoms with van der Waals surface area (Å²) in [4.78, 5) is 12.7. The van der Waals surface area contributed by atoms with Crippen LogP contribution in [-0.4, -0.2) is 27.5 Å². The summed E-state index contributed by atoms with van der Waals surface area (Å²) in [5.74, 6) is -0.280. The van der Waals surface area contributed by atoms with E-state index < -0.39 is 10.0 Å². The molecule has 6 nitrogen and oxygen atoms in total. The summed E-state index contributed by atoms with van der Waals surface area (Å²) in [5, 5.41) is 2.81. The van der Waals surface area contributed by atoms with Gasteiger partial charge in [-0.2, -0.15) is 0 Å². The van der Waals surface area contributed by atoms with Gasteiger partial charge in [0.25, 0.3) is 15.9 Å². The van der Waals surface area contributed by atoms with E-state index in [0.29, 0.717) is 36.6 Å². The van der Waals surface area contributed by atoms with Gasteiger partial charge in [0, 0.05) is 12.1 Å². The Morgan fingerprint density at radius 3 is 2.32 bits per heavy atom. The summed E-state index contributed by atoms with van der Waals surface area (Å²) in [6.07, 6.45) is 0. The molecular weight excluding hydrogens is 412 g/mol. The first-order chi connectivity index (χ1) is 14.9. The molecule has 0 saturated heterocycles. The molecular formula is C24H26N2O4S. The normalized spacial score (nSPS) is 11.2. The molecule has 0 aromatic heterocycles. The van der Waals surface area contributed by atoms with Crippen LogP contribution in [0.25, 0.3) is 0 Å². The lowest BCUT2D eigenvalue weighted by molar-refractivity contribution is 0.0900. The number of nitrogens with one attached hydrogen (secondary N) is 2. The van der Waals surface area contributed by atoms with E-state index in [1.54, 1.807) is 49.4 Å². The standard InChI is InChI=1S/C24H26N2O4S/c1-18-11-13-21(14-12-18)31(28,29)26-23-10-6-9-22(19(23)2)24(27)25-15-16-30-17-20-7-4-3-5-8-20/h3-14,26H,15-17H2,1-2H3,(H,25,27). The number of hydrogen-bond donors (Lipinski definition) is 2. The number of sulfonamides is 1. The molecule has 3 rings (SSSR count). The van der Waals surface area contributed by atoms with Gasteiger partial charge in [-0.1, -0.05) is 54.1 Å². The van der Waals surface area contributed by atoms with Crippen LogP contribution in [0, 0.1) is 13.8 Å². The van der Waals surface area contributed by atoms with Crippen LogP contribution in [0.1, 0.15) is 27.0 Å². The first kappa shape index (κ1) is 22.5. The van der Waals surface area contributed by atoms with Crippen molar-refractivity contribution in [1.82, 2.24) is 5.32 Å². The third kappa shape index (κ3) is 6.16. The summed E-state index contributed by atoms with van der Waals surface area (Å²) in [6.45, 7) is 4.81. The number of carbonyl (C=O) groups excluding carboxylic acids is 1. The SMILES string of the molecule is Cc1ccc(S(=O)(=O)Nc2cccc(C(=O)NCCOCc3ccccc3)c2C)cc1. The first-order valence-corrected chi connectivity index (χ1v) is 11.4. The van der Waals surface area contributed by atoms with Crippen molar-refractivity contribution in [3.63, 3.8) is 0 Å². The van der Waals surface area contributed by atoms with E-state index in [0.717, 1.165) is 11.1 Å². The number of benzene rings is 3. The van der Waals surface area contributed by atoms with Crippen molar-refractivity contribution in [3.05, 3.63) is 95.1 Å². The van der Waals surface area contributed by atoms with Crippen molar-refractivity contribution in [2.45, 2.75) is 25.3 Å². The summed E-state index contributed by atoms with van der Waals surface area (Å²) in [7, 11) is -3.75. The zero-order valence-electron chi connectivity index (χ0n) is 17.6. The van der Waals surface area contributed by atoms with E-state index in [1.165, 1.54) is 0 Å². The van der Waals surface area contributed by atoms with Crippen molar-refractivity contribution in [2.24, 2.45) is 0 Å². The molecule has 3 aromatic carbocycles. The summed E-state index contributed by atoms with van der Waals surface area (Å²) in [5.41, 5.74) is 3.38. The third-order valence-electron chi connectivity index (χ3n) is 4.80. The quantitative estimate of drug-likeness (QED) is 0.494. The second-order valence-electron chi connectivity index (χ2n) is 7.19. The van der Waals surface area contributed by atoms with Gasteiger partial charge >= 0.3 is 0 Å². The van der Waals surface area contributed by atoms with Crippen LogP contribution < -0.4 is 10.0 Å². The molecule has 0 radical (unpaired) electrons. The Balaban J connectivity index is 1.59. The van der Waals surface area contributed by atoms with E-state index in [1.807, 2.05) is 37.3 Å². The van der Waals surface area contributed by atoms with E-state index in [-0.39, 0.29) is 10.8 Å². The summed E-state index contributed by atoms with van der Waals surface area (Å²) < 4.78 is 33.5. The van der Waals surface area contributed by atoms with Gasteiger partial charge in [0.1, 0.15) is 0 Å². The van der Waals surface area contributed by atoms with Crippen molar-refractivity contribution in [1.29, 1.82) is 0 Å². The minimum atomic E-state index is -3.75. The molecule has 0 aliphatic rings. The number of amides is 1. The Morgan fingerprint density at radius 2 is 1.61 bits per heavy atom.